The normalized spacial score (nSPS) is 14.4. The molecule has 0 aliphatic rings. The summed E-state index contributed by atoms with van der Waals surface area (Å²) in [5, 5.41) is 8.61. The average Bonchev–Trinajstić information content (AvgIpc) is 2.81. The van der Waals surface area contributed by atoms with Crippen molar-refractivity contribution in [3.05, 3.63) is 0 Å². The van der Waals surface area contributed by atoms with Crippen molar-refractivity contribution >= 4 is 26.3 Å². The summed E-state index contributed by atoms with van der Waals surface area (Å²) in [5.74, 6) is -0.442. The van der Waals surface area contributed by atoms with Gasteiger partial charge < -0.3 is 43.6 Å². The Morgan fingerprint density at radius 2 is 1.42 bits per heavy atom. The maximum Gasteiger partial charge on any atom is 0.329 e. The molecule has 0 aromatic rings. The number of carbonyl (C=O) groups excluding carboxylic acids is 3. The highest BCUT2D eigenvalue weighted by Gasteiger charge is 2.22. The van der Waals surface area contributed by atoms with E-state index in [2.05, 4.69) is 58.2 Å². The summed E-state index contributed by atoms with van der Waals surface area (Å²) in [6, 6.07) is -0.695. The summed E-state index contributed by atoms with van der Waals surface area (Å²) in [4.78, 5) is 47.0. The lowest BCUT2D eigenvalue weighted by Gasteiger charge is -2.24. The van der Waals surface area contributed by atoms with Gasteiger partial charge >= 0.3 is 8.60 Å². The Labute approximate surface area is 230 Å². The zero-order chi connectivity index (χ0) is 29.2. The van der Waals surface area contributed by atoms with Gasteiger partial charge in [0.2, 0.25) is 17.7 Å². The largest absolute Gasteiger partial charge is 0.377 e. The molecule has 4 N–H and O–H groups in total. The van der Waals surface area contributed by atoms with Crippen LogP contribution in [-0.4, -0.2) is 133 Å². The van der Waals surface area contributed by atoms with E-state index >= 15 is 0 Å². The molecule has 0 saturated carbocycles. The topological polar surface area (TPSA) is 135 Å². The van der Waals surface area contributed by atoms with Crippen molar-refractivity contribution in [1.29, 1.82) is 0 Å². The van der Waals surface area contributed by atoms with Gasteiger partial charge in [0.25, 0.3) is 0 Å². The molecule has 0 spiro atoms. The lowest BCUT2D eigenvalue weighted by molar-refractivity contribution is -0.870. The van der Waals surface area contributed by atoms with Gasteiger partial charge in [0.05, 0.1) is 68.1 Å². The lowest BCUT2D eigenvalue weighted by Crippen LogP contribution is -2.49. The van der Waals surface area contributed by atoms with E-state index in [1.807, 2.05) is 0 Å². The van der Waals surface area contributed by atoms with Gasteiger partial charge in [-0.1, -0.05) is 0 Å². The molecule has 0 aliphatic carbocycles. The molecule has 38 heavy (non-hydrogen) atoms. The first-order chi connectivity index (χ1) is 17.7. The van der Waals surface area contributed by atoms with Crippen molar-refractivity contribution < 1.29 is 42.0 Å². The third kappa shape index (κ3) is 21.5. The first-order valence-electron chi connectivity index (χ1n) is 13.3. The number of methoxy groups -OCH3 is 1. The monoisotopic (exact) mass is 567 g/mol. The summed E-state index contributed by atoms with van der Waals surface area (Å²) in [5.41, 5.74) is 0. The number of rotatable bonds is 22. The molecule has 0 aromatic carbocycles. The molecule has 0 saturated heterocycles. The SMILES string of the molecule is COC(CNC(=O)C(CCCCNC(=O)CCC[N+](C)(C)C)NC(=O)CCC[N+](C)(C)C)COP(O)OC. The van der Waals surface area contributed by atoms with E-state index < -0.39 is 20.7 Å². The zero-order valence-electron chi connectivity index (χ0n) is 24.9. The van der Waals surface area contributed by atoms with Crippen LogP contribution in [0.5, 0.6) is 0 Å². The minimum absolute atomic E-state index is 0.0335. The first-order valence-corrected chi connectivity index (χ1v) is 14.4. The predicted octanol–water partition coefficient (Wildman–Crippen LogP) is 0.744. The number of ether oxygens (including phenoxy) is 1. The standard InChI is InChI=1S/C25H52N5O7P/c1-29(2,3)17-11-14-23(31)26-16-10-9-13-22(28-24(32)15-12-18-30(4,5)6)25(33)27-19-21(35-7)20-37-38(34)36-8/h21-22,34H,9-20H2,1-8H3,(H-2,26,27,28,31,32,33)/p+2. The summed E-state index contributed by atoms with van der Waals surface area (Å²) in [6.45, 7) is 2.51. The Morgan fingerprint density at radius 1 is 0.842 bits per heavy atom. The molecule has 0 aliphatic heterocycles. The molecule has 224 valence electrons. The van der Waals surface area contributed by atoms with Crippen molar-refractivity contribution in [3.63, 3.8) is 0 Å². The Hall–Kier alpha value is -1.40. The number of carbonyl (C=O) groups is 3. The number of hydrogen-bond donors (Lipinski definition) is 4. The van der Waals surface area contributed by atoms with Gasteiger partial charge in [-0.05, 0) is 19.3 Å². The zero-order valence-corrected chi connectivity index (χ0v) is 25.8. The lowest BCUT2D eigenvalue weighted by atomic mass is 10.1. The molecular weight excluding hydrogens is 513 g/mol. The van der Waals surface area contributed by atoms with Crippen LogP contribution < -0.4 is 16.0 Å². The Bertz CT molecular complexity index is 686. The molecule has 0 bridgehead atoms. The van der Waals surface area contributed by atoms with Crippen molar-refractivity contribution in [2.75, 3.05) is 89.3 Å². The van der Waals surface area contributed by atoms with Crippen LogP contribution in [0.25, 0.3) is 0 Å². The van der Waals surface area contributed by atoms with Crippen LogP contribution in [0.4, 0.5) is 0 Å². The second kappa shape index (κ2) is 19.6. The number of nitrogens with one attached hydrogen (secondary N) is 3. The van der Waals surface area contributed by atoms with Gasteiger partial charge in [-0.25, -0.2) is 0 Å². The quantitative estimate of drug-likeness (QED) is 0.0861. The van der Waals surface area contributed by atoms with Crippen LogP contribution >= 0.6 is 8.60 Å². The van der Waals surface area contributed by atoms with Gasteiger partial charge in [0, 0.05) is 53.0 Å². The van der Waals surface area contributed by atoms with Gasteiger partial charge in [0.1, 0.15) is 6.04 Å². The molecule has 0 aromatic heterocycles. The van der Waals surface area contributed by atoms with E-state index in [9.17, 15) is 19.3 Å². The van der Waals surface area contributed by atoms with Gasteiger partial charge in [0.15, 0.2) is 0 Å². The fraction of sp³-hybridized carbons (Fsp3) is 0.880. The van der Waals surface area contributed by atoms with Gasteiger partial charge in [-0.3, -0.25) is 14.4 Å². The van der Waals surface area contributed by atoms with E-state index in [0.29, 0.717) is 38.6 Å². The maximum atomic E-state index is 12.9. The average molecular weight is 568 g/mol. The second-order valence-electron chi connectivity index (χ2n) is 11.5. The third-order valence-electron chi connectivity index (χ3n) is 5.72. The number of hydrogen-bond acceptors (Lipinski definition) is 7. The van der Waals surface area contributed by atoms with Crippen LogP contribution in [0.2, 0.25) is 0 Å². The van der Waals surface area contributed by atoms with Crippen LogP contribution in [0.1, 0.15) is 44.9 Å². The number of unbranched alkanes of at least 4 members (excludes halogenated alkanes) is 1. The molecule has 0 heterocycles. The van der Waals surface area contributed by atoms with E-state index in [-0.39, 0.29) is 30.9 Å². The van der Waals surface area contributed by atoms with Crippen molar-refractivity contribution in [3.8, 4) is 0 Å². The molecule has 0 radical (unpaired) electrons. The summed E-state index contributed by atoms with van der Waals surface area (Å²) >= 11 is 0. The minimum atomic E-state index is -1.99. The second-order valence-corrected chi connectivity index (χ2v) is 12.6. The predicted molar refractivity (Wildman–Crippen MR) is 149 cm³/mol. The van der Waals surface area contributed by atoms with Crippen molar-refractivity contribution in [2.45, 2.75) is 57.1 Å². The molecular formula is C25H54N5O7P+2. The number of quaternary nitrogens is 2. The molecule has 3 unspecified atom stereocenters. The highest BCUT2D eigenvalue weighted by Crippen LogP contribution is 2.31. The Balaban J connectivity index is 4.72. The highest BCUT2D eigenvalue weighted by molar-refractivity contribution is 7.40. The third-order valence-corrected chi connectivity index (χ3v) is 6.41. The van der Waals surface area contributed by atoms with Crippen molar-refractivity contribution in [2.24, 2.45) is 0 Å². The number of nitrogens with zero attached hydrogens (tertiary/aromatic N) is 2. The van der Waals surface area contributed by atoms with Gasteiger partial charge in [-0.2, -0.15) is 0 Å². The smallest absolute Gasteiger partial charge is 0.329 e. The molecule has 13 heteroatoms. The first kappa shape index (κ1) is 36.6. The van der Waals surface area contributed by atoms with Crippen molar-refractivity contribution in [1.82, 2.24) is 16.0 Å². The summed E-state index contributed by atoms with van der Waals surface area (Å²) in [6.07, 6.45) is 3.71. The van der Waals surface area contributed by atoms with Crippen LogP contribution in [-0.2, 0) is 28.2 Å². The van der Waals surface area contributed by atoms with E-state index in [1.54, 1.807) is 0 Å². The maximum absolute atomic E-state index is 12.9. The molecule has 3 amide bonds. The molecule has 0 fully saturated rings. The molecule has 0 rings (SSSR count). The molecule has 12 nitrogen and oxygen atoms in total. The fourth-order valence-corrected chi connectivity index (χ4v) is 3.90. The summed E-state index contributed by atoms with van der Waals surface area (Å²) in [7, 11) is 13.3. The Morgan fingerprint density at radius 3 is 1.95 bits per heavy atom. The Kier molecular flexibility index (Phi) is 18.9. The van der Waals surface area contributed by atoms with Gasteiger partial charge in [-0.15, -0.1) is 0 Å². The molecule has 3 atom stereocenters. The van der Waals surface area contributed by atoms with Crippen LogP contribution in [0, 0.1) is 0 Å². The minimum Gasteiger partial charge on any atom is -0.377 e. The van der Waals surface area contributed by atoms with Crippen LogP contribution in [0.3, 0.4) is 0 Å². The van der Waals surface area contributed by atoms with Crippen LogP contribution in [0.15, 0.2) is 0 Å². The summed E-state index contributed by atoms with van der Waals surface area (Å²) < 4.78 is 16.7. The van der Waals surface area contributed by atoms with E-state index in [0.717, 1.165) is 34.9 Å². The fourth-order valence-electron chi connectivity index (χ4n) is 3.50. The highest BCUT2D eigenvalue weighted by atomic mass is 31.2. The number of amides is 3. The van der Waals surface area contributed by atoms with E-state index in [4.69, 9.17) is 13.8 Å². The van der Waals surface area contributed by atoms with E-state index in [1.165, 1.54) is 14.2 Å².